The minimum atomic E-state index is -3.58. The molecule has 2 aromatic carbocycles. The number of sulfonamides is 1. The third-order valence-corrected chi connectivity index (χ3v) is 5.13. The van der Waals surface area contributed by atoms with Gasteiger partial charge in [-0.1, -0.05) is 12.1 Å². The number of amides is 1. The van der Waals surface area contributed by atoms with Crippen LogP contribution in [0.4, 0.5) is 15.8 Å². The monoisotopic (exact) mass is 364 g/mol. The molecular weight excluding hydrogens is 343 g/mol. The summed E-state index contributed by atoms with van der Waals surface area (Å²) < 4.78 is 38.1. The number of carbonyl (C=O) groups excluding carboxylic acids is 1. The van der Waals surface area contributed by atoms with Crippen LogP contribution in [0.25, 0.3) is 0 Å². The Kier molecular flexibility index (Phi) is 5.79. The summed E-state index contributed by atoms with van der Waals surface area (Å²) in [6.07, 6.45) is 1.04. The van der Waals surface area contributed by atoms with E-state index in [9.17, 15) is 17.6 Å². The maximum atomic E-state index is 13.0. The Hall–Kier alpha value is -2.41. The number of hydrogen-bond acceptors (Lipinski definition) is 3. The van der Waals surface area contributed by atoms with Crippen molar-refractivity contribution in [3.8, 4) is 0 Å². The van der Waals surface area contributed by atoms with Crippen molar-refractivity contribution in [3.05, 3.63) is 59.4 Å². The molecule has 0 saturated carbocycles. The molecule has 0 fully saturated rings. The number of aryl methyl sites for hydroxylation is 1. The molecule has 0 spiro atoms. The predicted molar refractivity (Wildman–Crippen MR) is 97.8 cm³/mol. The van der Waals surface area contributed by atoms with Crippen molar-refractivity contribution in [3.63, 3.8) is 0 Å². The zero-order valence-electron chi connectivity index (χ0n) is 14.4. The molecule has 7 heteroatoms. The van der Waals surface area contributed by atoms with Gasteiger partial charge in [-0.25, -0.2) is 12.8 Å². The molecule has 25 heavy (non-hydrogen) atoms. The zero-order chi connectivity index (χ0) is 18.6. The summed E-state index contributed by atoms with van der Waals surface area (Å²) in [7, 11) is -3.58. The Morgan fingerprint density at radius 3 is 2.36 bits per heavy atom. The second-order valence-electron chi connectivity index (χ2n) is 5.86. The van der Waals surface area contributed by atoms with Gasteiger partial charge in [0.2, 0.25) is 15.9 Å². The van der Waals surface area contributed by atoms with Crippen LogP contribution < -0.4 is 9.62 Å². The molecule has 0 saturated heterocycles. The van der Waals surface area contributed by atoms with E-state index in [-0.39, 0.29) is 18.9 Å². The first-order chi connectivity index (χ1) is 11.7. The molecule has 0 unspecified atom stereocenters. The molecule has 2 rings (SSSR count). The van der Waals surface area contributed by atoms with Gasteiger partial charge in [-0.05, 0) is 55.3 Å². The van der Waals surface area contributed by atoms with Crippen molar-refractivity contribution in [2.45, 2.75) is 20.3 Å². The van der Waals surface area contributed by atoms with E-state index in [1.807, 2.05) is 26.0 Å². The fraction of sp³-hybridized carbons (Fsp3) is 0.278. The Morgan fingerprint density at radius 2 is 1.76 bits per heavy atom. The Bertz CT molecular complexity index is 864. The summed E-state index contributed by atoms with van der Waals surface area (Å²) in [5, 5.41) is 2.80. The molecule has 0 aliphatic heterocycles. The lowest BCUT2D eigenvalue weighted by Crippen LogP contribution is -2.33. The SMILES string of the molecule is Cc1cccc(NC(=O)CCN(c2ccc(F)cc2)S(C)(=O)=O)c1C. The average Bonchev–Trinajstić information content (AvgIpc) is 2.52. The second kappa shape index (κ2) is 7.65. The summed E-state index contributed by atoms with van der Waals surface area (Å²) in [5.41, 5.74) is 3.05. The van der Waals surface area contributed by atoms with Gasteiger partial charge in [0, 0.05) is 18.7 Å². The highest BCUT2D eigenvalue weighted by Gasteiger charge is 2.19. The number of anilines is 2. The molecule has 0 atom stereocenters. The largest absolute Gasteiger partial charge is 0.326 e. The molecule has 0 aliphatic carbocycles. The highest BCUT2D eigenvalue weighted by molar-refractivity contribution is 7.92. The van der Waals surface area contributed by atoms with Gasteiger partial charge in [-0.3, -0.25) is 9.10 Å². The van der Waals surface area contributed by atoms with Gasteiger partial charge in [0.15, 0.2) is 0 Å². The highest BCUT2D eigenvalue weighted by atomic mass is 32.2. The first-order valence-corrected chi connectivity index (χ1v) is 9.62. The van der Waals surface area contributed by atoms with Crippen molar-refractivity contribution in [1.82, 2.24) is 0 Å². The molecule has 134 valence electrons. The maximum absolute atomic E-state index is 13.0. The minimum absolute atomic E-state index is 0.0160. The number of rotatable bonds is 6. The van der Waals surface area contributed by atoms with Crippen LogP contribution in [0.2, 0.25) is 0 Å². The first kappa shape index (κ1) is 18.9. The van der Waals surface area contributed by atoms with Crippen molar-refractivity contribution in [1.29, 1.82) is 0 Å². The summed E-state index contributed by atoms with van der Waals surface area (Å²) in [5.74, 6) is -0.741. The van der Waals surface area contributed by atoms with Gasteiger partial charge >= 0.3 is 0 Å². The number of halogens is 1. The first-order valence-electron chi connectivity index (χ1n) is 7.78. The minimum Gasteiger partial charge on any atom is -0.326 e. The van der Waals surface area contributed by atoms with Gasteiger partial charge in [0.25, 0.3) is 0 Å². The standard InChI is InChI=1S/C18H21FN2O3S/c1-13-5-4-6-17(14(13)2)20-18(22)11-12-21(25(3,23)24)16-9-7-15(19)8-10-16/h4-10H,11-12H2,1-3H3,(H,20,22). The number of nitrogens with one attached hydrogen (secondary N) is 1. The molecule has 2 aromatic rings. The van der Waals surface area contributed by atoms with Gasteiger partial charge < -0.3 is 5.32 Å². The normalized spacial score (nSPS) is 11.2. The van der Waals surface area contributed by atoms with Crippen LogP contribution in [0.5, 0.6) is 0 Å². The fourth-order valence-corrected chi connectivity index (χ4v) is 3.32. The molecule has 0 bridgehead atoms. The third kappa shape index (κ3) is 5.03. The van der Waals surface area contributed by atoms with Crippen molar-refractivity contribution in [2.75, 3.05) is 22.4 Å². The van der Waals surface area contributed by atoms with Crippen LogP contribution in [-0.2, 0) is 14.8 Å². The van der Waals surface area contributed by atoms with E-state index >= 15 is 0 Å². The number of nitrogens with zero attached hydrogens (tertiary/aromatic N) is 1. The van der Waals surface area contributed by atoms with Crippen LogP contribution in [0, 0.1) is 19.7 Å². The van der Waals surface area contributed by atoms with Crippen LogP contribution >= 0.6 is 0 Å². The van der Waals surface area contributed by atoms with E-state index in [4.69, 9.17) is 0 Å². The molecule has 0 aromatic heterocycles. The molecule has 0 aliphatic rings. The molecule has 1 amide bonds. The number of carbonyl (C=O) groups is 1. The van der Waals surface area contributed by atoms with Gasteiger partial charge in [-0.2, -0.15) is 0 Å². The molecule has 5 nitrogen and oxygen atoms in total. The summed E-state index contributed by atoms with van der Waals surface area (Å²) in [6, 6.07) is 10.7. The Labute approximate surface area is 147 Å². The van der Waals surface area contributed by atoms with E-state index in [2.05, 4.69) is 5.32 Å². The fourth-order valence-electron chi connectivity index (χ4n) is 2.40. The predicted octanol–water partition coefficient (Wildman–Crippen LogP) is 3.24. The van der Waals surface area contributed by atoms with Gasteiger partial charge in [-0.15, -0.1) is 0 Å². The van der Waals surface area contributed by atoms with E-state index in [0.717, 1.165) is 21.7 Å². The van der Waals surface area contributed by atoms with Crippen molar-refractivity contribution in [2.24, 2.45) is 0 Å². The lowest BCUT2D eigenvalue weighted by atomic mass is 10.1. The van der Waals surface area contributed by atoms with Crippen molar-refractivity contribution < 1.29 is 17.6 Å². The quantitative estimate of drug-likeness (QED) is 0.856. The lowest BCUT2D eigenvalue weighted by molar-refractivity contribution is -0.116. The Balaban J connectivity index is 2.09. The zero-order valence-corrected chi connectivity index (χ0v) is 15.2. The third-order valence-electron chi connectivity index (χ3n) is 3.94. The van der Waals surface area contributed by atoms with Crippen LogP contribution in [0.1, 0.15) is 17.5 Å². The van der Waals surface area contributed by atoms with E-state index in [1.165, 1.54) is 24.3 Å². The van der Waals surface area contributed by atoms with Gasteiger partial charge in [0.05, 0.1) is 11.9 Å². The van der Waals surface area contributed by atoms with E-state index in [1.54, 1.807) is 6.07 Å². The maximum Gasteiger partial charge on any atom is 0.232 e. The van der Waals surface area contributed by atoms with Crippen LogP contribution in [0.3, 0.4) is 0 Å². The van der Waals surface area contributed by atoms with E-state index < -0.39 is 15.8 Å². The topological polar surface area (TPSA) is 66.5 Å². The lowest BCUT2D eigenvalue weighted by Gasteiger charge is -2.22. The van der Waals surface area contributed by atoms with Crippen LogP contribution in [-0.4, -0.2) is 27.1 Å². The molecule has 1 N–H and O–H groups in total. The summed E-state index contributed by atoms with van der Waals surface area (Å²) in [4.78, 5) is 12.2. The smallest absolute Gasteiger partial charge is 0.232 e. The summed E-state index contributed by atoms with van der Waals surface area (Å²) >= 11 is 0. The second-order valence-corrected chi connectivity index (χ2v) is 7.76. The Morgan fingerprint density at radius 1 is 1.12 bits per heavy atom. The van der Waals surface area contributed by atoms with Gasteiger partial charge in [0.1, 0.15) is 5.82 Å². The number of hydrogen-bond donors (Lipinski definition) is 1. The van der Waals surface area contributed by atoms with Crippen LogP contribution in [0.15, 0.2) is 42.5 Å². The molecular formula is C18H21FN2O3S. The highest BCUT2D eigenvalue weighted by Crippen LogP contribution is 2.20. The average molecular weight is 364 g/mol. The molecule has 0 radical (unpaired) electrons. The van der Waals surface area contributed by atoms with E-state index in [0.29, 0.717) is 11.4 Å². The number of benzene rings is 2. The summed E-state index contributed by atoms with van der Waals surface area (Å²) in [6.45, 7) is 3.83. The van der Waals surface area contributed by atoms with Crippen molar-refractivity contribution >= 4 is 27.3 Å². The molecule has 0 heterocycles.